The molecule has 2 rings (SSSR count). The highest BCUT2D eigenvalue weighted by Gasteiger charge is 2.41. The van der Waals surface area contributed by atoms with Gasteiger partial charge in [0.25, 0.3) is 0 Å². The zero-order valence-electron chi connectivity index (χ0n) is 10.9. The number of aliphatic hydroxyl groups is 1. The van der Waals surface area contributed by atoms with Gasteiger partial charge in [0.1, 0.15) is 0 Å². The summed E-state index contributed by atoms with van der Waals surface area (Å²) in [5.41, 5.74) is -0.499. The summed E-state index contributed by atoms with van der Waals surface area (Å²) in [6, 6.07) is 0. The Morgan fingerprint density at radius 1 is 1.06 bits per heavy atom. The molecule has 0 spiro atoms. The standard InChI is InChI=1S/C14H25NO2/c1-13(7-3-2-4-8-13)12(17)15-14(11-16)9-5-6-10-14/h16H,2-11H2,1H3,(H,15,17). The molecule has 17 heavy (non-hydrogen) atoms. The third-order valence-corrected chi connectivity index (χ3v) is 4.75. The Kier molecular flexibility index (Phi) is 3.76. The van der Waals surface area contributed by atoms with Crippen LogP contribution in [0.2, 0.25) is 0 Å². The van der Waals surface area contributed by atoms with Crippen molar-refractivity contribution in [2.24, 2.45) is 5.41 Å². The Balaban J connectivity index is 1.99. The summed E-state index contributed by atoms with van der Waals surface area (Å²) >= 11 is 0. The Bertz CT molecular complexity index is 276. The molecule has 0 atom stereocenters. The molecule has 0 saturated heterocycles. The predicted octanol–water partition coefficient (Wildman–Crippen LogP) is 2.38. The van der Waals surface area contributed by atoms with Crippen LogP contribution < -0.4 is 5.32 Å². The minimum absolute atomic E-state index is 0.0921. The van der Waals surface area contributed by atoms with E-state index in [1.54, 1.807) is 0 Å². The van der Waals surface area contributed by atoms with Gasteiger partial charge >= 0.3 is 0 Å². The molecule has 98 valence electrons. The summed E-state index contributed by atoms with van der Waals surface area (Å²) < 4.78 is 0. The first-order chi connectivity index (χ1) is 8.10. The van der Waals surface area contributed by atoms with Gasteiger partial charge in [-0.2, -0.15) is 0 Å². The molecule has 0 radical (unpaired) electrons. The van der Waals surface area contributed by atoms with E-state index in [0.717, 1.165) is 51.4 Å². The lowest BCUT2D eigenvalue weighted by Crippen LogP contribution is -2.54. The Hall–Kier alpha value is -0.570. The lowest BCUT2D eigenvalue weighted by Gasteiger charge is -2.37. The molecule has 0 unspecified atom stereocenters. The summed E-state index contributed by atoms with van der Waals surface area (Å²) in [5.74, 6) is 0.174. The summed E-state index contributed by atoms with van der Waals surface area (Å²) in [5, 5.41) is 12.7. The minimum atomic E-state index is -0.308. The van der Waals surface area contributed by atoms with E-state index in [1.165, 1.54) is 6.42 Å². The molecular formula is C14H25NO2. The highest BCUT2D eigenvalue weighted by Crippen LogP contribution is 2.38. The third-order valence-electron chi connectivity index (χ3n) is 4.75. The van der Waals surface area contributed by atoms with Crippen LogP contribution in [0.1, 0.15) is 64.7 Å². The van der Waals surface area contributed by atoms with Crippen LogP contribution in [0.3, 0.4) is 0 Å². The number of hydrogen-bond donors (Lipinski definition) is 2. The van der Waals surface area contributed by atoms with Crippen LogP contribution in [0.4, 0.5) is 0 Å². The van der Waals surface area contributed by atoms with Crippen molar-refractivity contribution < 1.29 is 9.90 Å². The maximum atomic E-state index is 12.4. The van der Waals surface area contributed by atoms with Gasteiger partial charge in [-0.3, -0.25) is 4.79 Å². The van der Waals surface area contributed by atoms with Gasteiger partial charge in [-0.25, -0.2) is 0 Å². The van der Waals surface area contributed by atoms with Gasteiger partial charge in [0, 0.05) is 5.41 Å². The van der Waals surface area contributed by atoms with E-state index in [-0.39, 0.29) is 23.5 Å². The maximum absolute atomic E-state index is 12.4. The second-order valence-corrected chi connectivity index (χ2v) is 6.22. The molecule has 1 amide bonds. The average Bonchev–Trinajstić information content (AvgIpc) is 2.79. The minimum Gasteiger partial charge on any atom is -0.394 e. The van der Waals surface area contributed by atoms with Gasteiger partial charge in [0.15, 0.2) is 0 Å². The number of carbonyl (C=O) groups excluding carboxylic acids is 1. The largest absolute Gasteiger partial charge is 0.394 e. The first-order valence-electron chi connectivity index (χ1n) is 7.04. The summed E-state index contributed by atoms with van der Waals surface area (Å²) in [6.45, 7) is 2.18. The number of aliphatic hydroxyl groups excluding tert-OH is 1. The van der Waals surface area contributed by atoms with Crippen LogP contribution in [0.15, 0.2) is 0 Å². The number of carbonyl (C=O) groups is 1. The van der Waals surface area contributed by atoms with Crippen molar-refractivity contribution in [1.82, 2.24) is 5.32 Å². The van der Waals surface area contributed by atoms with Crippen LogP contribution in [0, 0.1) is 5.41 Å². The first kappa shape index (κ1) is 12.9. The second-order valence-electron chi connectivity index (χ2n) is 6.22. The van der Waals surface area contributed by atoms with Crippen LogP contribution in [0.5, 0.6) is 0 Å². The van der Waals surface area contributed by atoms with E-state index in [1.807, 2.05) is 0 Å². The second kappa shape index (κ2) is 4.97. The van der Waals surface area contributed by atoms with Gasteiger partial charge in [0.05, 0.1) is 12.1 Å². The zero-order valence-corrected chi connectivity index (χ0v) is 10.9. The average molecular weight is 239 g/mol. The van der Waals surface area contributed by atoms with Crippen molar-refractivity contribution in [1.29, 1.82) is 0 Å². The predicted molar refractivity (Wildman–Crippen MR) is 67.6 cm³/mol. The molecule has 2 saturated carbocycles. The summed E-state index contributed by atoms with van der Waals surface area (Å²) in [6.07, 6.45) is 9.70. The van der Waals surface area contributed by atoms with Gasteiger partial charge in [0.2, 0.25) is 5.91 Å². The van der Waals surface area contributed by atoms with E-state index in [4.69, 9.17) is 0 Å². The maximum Gasteiger partial charge on any atom is 0.226 e. The normalized spacial score (nSPS) is 26.7. The SMILES string of the molecule is CC1(C(=O)NC2(CO)CCCC2)CCCCC1. The molecular weight excluding hydrogens is 214 g/mol. The molecule has 3 nitrogen and oxygen atoms in total. The molecule has 2 aliphatic rings. The van der Waals surface area contributed by atoms with Gasteiger partial charge < -0.3 is 10.4 Å². The van der Waals surface area contributed by atoms with Crippen molar-refractivity contribution in [3.05, 3.63) is 0 Å². The molecule has 0 aliphatic heterocycles. The quantitative estimate of drug-likeness (QED) is 0.794. The van der Waals surface area contributed by atoms with E-state index >= 15 is 0 Å². The Morgan fingerprint density at radius 2 is 1.59 bits per heavy atom. The van der Waals surface area contributed by atoms with Gasteiger partial charge in [-0.15, -0.1) is 0 Å². The van der Waals surface area contributed by atoms with Crippen LogP contribution in [-0.4, -0.2) is 23.2 Å². The topological polar surface area (TPSA) is 49.3 Å². The Labute approximate surface area is 104 Å². The number of amides is 1. The van der Waals surface area contributed by atoms with Crippen molar-refractivity contribution in [2.75, 3.05) is 6.61 Å². The van der Waals surface area contributed by atoms with Crippen LogP contribution in [0.25, 0.3) is 0 Å². The fraction of sp³-hybridized carbons (Fsp3) is 0.929. The number of hydrogen-bond acceptors (Lipinski definition) is 2. The van der Waals surface area contributed by atoms with Crippen molar-refractivity contribution >= 4 is 5.91 Å². The Morgan fingerprint density at radius 3 is 2.12 bits per heavy atom. The molecule has 0 bridgehead atoms. The van der Waals surface area contributed by atoms with Gasteiger partial charge in [-0.05, 0) is 25.7 Å². The van der Waals surface area contributed by atoms with Crippen molar-refractivity contribution in [2.45, 2.75) is 70.3 Å². The van der Waals surface area contributed by atoms with Crippen LogP contribution >= 0.6 is 0 Å². The van der Waals surface area contributed by atoms with E-state index in [0.29, 0.717) is 0 Å². The highest BCUT2D eigenvalue weighted by molar-refractivity contribution is 5.83. The summed E-state index contributed by atoms with van der Waals surface area (Å²) in [7, 11) is 0. The monoisotopic (exact) mass is 239 g/mol. The molecule has 0 aromatic rings. The fourth-order valence-corrected chi connectivity index (χ4v) is 3.33. The van der Waals surface area contributed by atoms with E-state index < -0.39 is 0 Å². The lowest BCUT2D eigenvalue weighted by atomic mass is 9.74. The van der Waals surface area contributed by atoms with Gasteiger partial charge in [-0.1, -0.05) is 39.0 Å². The fourth-order valence-electron chi connectivity index (χ4n) is 3.33. The molecule has 0 aromatic carbocycles. The highest BCUT2D eigenvalue weighted by atomic mass is 16.3. The summed E-state index contributed by atoms with van der Waals surface area (Å²) in [4.78, 5) is 12.4. The molecule has 0 heterocycles. The van der Waals surface area contributed by atoms with Crippen molar-refractivity contribution in [3.63, 3.8) is 0 Å². The smallest absolute Gasteiger partial charge is 0.226 e. The van der Waals surface area contributed by atoms with E-state index in [9.17, 15) is 9.90 Å². The molecule has 2 aliphatic carbocycles. The zero-order chi connectivity index (χ0) is 12.4. The third kappa shape index (κ3) is 2.65. The molecule has 0 aromatic heterocycles. The van der Waals surface area contributed by atoms with Crippen LogP contribution in [-0.2, 0) is 4.79 Å². The molecule has 3 heteroatoms. The molecule has 2 N–H and O–H groups in total. The van der Waals surface area contributed by atoms with Crippen molar-refractivity contribution in [3.8, 4) is 0 Å². The first-order valence-corrected chi connectivity index (χ1v) is 7.04. The lowest BCUT2D eigenvalue weighted by molar-refractivity contribution is -0.134. The van der Waals surface area contributed by atoms with E-state index in [2.05, 4.69) is 12.2 Å². The number of nitrogens with one attached hydrogen (secondary N) is 1. The molecule has 2 fully saturated rings. The number of rotatable bonds is 3.